The minimum Gasteiger partial charge on any atom is -0.490 e. The van der Waals surface area contributed by atoms with Crippen molar-refractivity contribution in [1.29, 1.82) is 0 Å². The Hall–Kier alpha value is -1.52. The molecule has 3 heterocycles. The van der Waals surface area contributed by atoms with E-state index in [2.05, 4.69) is 40.1 Å². The first-order valence-corrected chi connectivity index (χ1v) is 12.3. The third kappa shape index (κ3) is 7.81. The standard InChI is InChI=1S/C24H34N4O2S.HI/c1-28-13-9-19(10-14-28)7-11-25-24(26-12-8-21-4-2-17-31-21)27-20-5-6-22-23(18-20)30-16-3-15-29-22;/h2,4-6,17-19H,3,7-16H2,1H3,(H2,25,26,27);1H. The molecule has 0 amide bonds. The van der Waals surface area contributed by atoms with Crippen molar-refractivity contribution in [2.24, 2.45) is 10.9 Å². The lowest BCUT2D eigenvalue weighted by atomic mass is 9.94. The summed E-state index contributed by atoms with van der Waals surface area (Å²) in [5, 5.41) is 9.11. The van der Waals surface area contributed by atoms with Crippen molar-refractivity contribution in [3.05, 3.63) is 40.6 Å². The largest absolute Gasteiger partial charge is 0.490 e. The summed E-state index contributed by atoms with van der Waals surface area (Å²) >= 11 is 1.80. The first kappa shape index (κ1) is 25.1. The Bertz CT molecular complexity index is 839. The Morgan fingerprint density at radius 2 is 1.97 bits per heavy atom. The van der Waals surface area contributed by atoms with Crippen molar-refractivity contribution in [2.45, 2.75) is 32.1 Å². The van der Waals surface area contributed by atoms with Gasteiger partial charge in [-0.1, -0.05) is 6.07 Å². The van der Waals surface area contributed by atoms with E-state index in [0.717, 1.165) is 61.4 Å². The number of nitrogens with one attached hydrogen (secondary N) is 2. The van der Waals surface area contributed by atoms with Crippen LogP contribution in [0.5, 0.6) is 11.5 Å². The highest BCUT2D eigenvalue weighted by Crippen LogP contribution is 2.32. The zero-order valence-electron chi connectivity index (χ0n) is 18.8. The molecule has 0 atom stereocenters. The van der Waals surface area contributed by atoms with Crippen molar-refractivity contribution >= 4 is 47.0 Å². The Labute approximate surface area is 212 Å². The average molecular weight is 571 g/mol. The molecule has 32 heavy (non-hydrogen) atoms. The Balaban J connectivity index is 0.00000289. The Kier molecular flexibility index (Phi) is 10.4. The fourth-order valence-electron chi connectivity index (χ4n) is 3.99. The summed E-state index contributed by atoms with van der Waals surface area (Å²) in [4.78, 5) is 8.70. The molecule has 2 aliphatic heterocycles. The number of thiophene rings is 1. The molecule has 0 spiro atoms. The number of likely N-dealkylation sites (tertiary alicyclic amines) is 1. The van der Waals surface area contributed by atoms with Crippen molar-refractivity contribution in [2.75, 3.05) is 51.8 Å². The van der Waals surface area contributed by atoms with Gasteiger partial charge in [0.25, 0.3) is 0 Å². The van der Waals surface area contributed by atoms with Gasteiger partial charge in [-0.25, -0.2) is 0 Å². The molecule has 1 saturated heterocycles. The molecule has 176 valence electrons. The highest BCUT2D eigenvalue weighted by atomic mass is 127. The monoisotopic (exact) mass is 570 g/mol. The van der Waals surface area contributed by atoms with Gasteiger partial charge >= 0.3 is 0 Å². The van der Waals surface area contributed by atoms with Crippen LogP contribution in [-0.2, 0) is 6.42 Å². The predicted molar refractivity (Wildman–Crippen MR) is 144 cm³/mol. The number of hydrogen-bond acceptors (Lipinski definition) is 5. The molecule has 2 N–H and O–H groups in total. The van der Waals surface area contributed by atoms with Crippen LogP contribution in [0, 0.1) is 5.92 Å². The number of ether oxygens (including phenoxy) is 2. The number of nitrogens with zero attached hydrogens (tertiary/aromatic N) is 2. The van der Waals surface area contributed by atoms with Gasteiger partial charge in [0.15, 0.2) is 17.5 Å². The summed E-state index contributed by atoms with van der Waals surface area (Å²) in [5.74, 6) is 3.23. The molecule has 0 bridgehead atoms. The molecule has 4 rings (SSSR count). The van der Waals surface area contributed by atoms with Crippen LogP contribution in [0.15, 0.2) is 40.7 Å². The minimum absolute atomic E-state index is 0. The van der Waals surface area contributed by atoms with Gasteiger partial charge in [0.2, 0.25) is 0 Å². The van der Waals surface area contributed by atoms with Crippen LogP contribution < -0.4 is 20.1 Å². The topological polar surface area (TPSA) is 58.1 Å². The van der Waals surface area contributed by atoms with E-state index >= 15 is 0 Å². The molecule has 0 unspecified atom stereocenters. The summed E-state index contributed by atoms with van der Waals surface area (Å²) < 4.78 is 11.6. The lowest BCUT2D eigenvalue weighted by Gasteiger charge is -2.28. The van der Waals surface area contributed by atoms with E-state index in [1.165, 1.54) is 30.8 Å². The highest BCUT2D eigenvalue weighted by Gasteiger charge is 2.16. The van der Waals surface area contributed by atoms with E-state index in [-0.39, 0.29) is 24.0 Å². The first-order chi connectivity index (χ1) is 15.3. The molecule has 6 nitrogen and oxygen atoms in total. The van der Waals surface area contributed by atoms with Gasteiger partial charge in [0, 0.05) is 36.1 Å². The van der Waals surface area contributed by atoms with E-state index in [1.807, 2.05) is 18.2 Å². The Morgan fingerprint density at radius 3 is 2.75 bits per heavy atom. The maximum absolute atomic E-state index is 5.84. The number of halogens is 1. The van der Waals surface area contributed by atoms with Gasteiger partial charge in [0.05, 0.1) is 13.2 Å². The van der Waals surface area contributed by atoms with Crippen LogP contribution in [0.4, 0.5) is 5.69 Å². The van der Waals surface area contributed by atoms with Gasteiger partial charge < -0.3 is 25.0 Å². The fraction of sp³-hybridized carbons (Fsp3) is 0.542. The van der Waals surface area contributed by atoms with E-state index in [4.69, 9.17) is 14.5 Å². The molecule has 2 aliphatic rings. The zero-order valence-corrected chi connectivity index (χ0v) is 22.0. The van der Waals surface area contributed by atoms with Crippen molar-refractivity contribution in [1.82, 2.24) is 10.2 Å². The van der Waals surface area contributed by atoms with Crippen LogP contribution in [-0.4, -0.2) is 57.3 Å². The zero-order chi connectivity index (χ0) is 21.3. The number of anilines is 1. The number of piperidine rings is 1. The summed E-state index contributed by atoms with van der Waals surface area (Å²) in [7, 11) is 2.21. The summed E-state index contributed by atoms with van der Waals surface area (Å²) in [6.07, 6.45) is 5.61. The minimum atomic E-state index is 0. The lowest BCUT2D eigenvalue weighted by molar-refractivity contribution is 0.214. The van der Waals surface area contributed by atoms with Crippen molar-refractivity contribution in [3.63, 3.8) is 0 Å². The van der Waals surface area contributed by atoms with Gasteiger partial charge in [-0.05, 0) is 75.3 Å². The van der Waals surface area contributed by atoms with Crippen LogP contribution in [0.2, 0.25) is 0 Å². The number of hydrogen-bond donors (Lipinski definition) is 2. The van der Waals surface area contributed by atoms with Gasteiger partial charge in [-0.15, -0.1) is 35.3 Å². The lowest BCUT2D eigenvalue weighted by Crippen LogP contribution is -2.33. The van der Waals surface area contributed by atoms with Crippen molar-refractivity contribution < 1.29 is 9.47 Å². The van der Waals surface area contributed by atoms with Gasteiger partial charge in [0.1, 0.15) is 0 Å². The maximum atomic E-state index is 5.84. The fourth-order valence-corrected chi connectivity index (χ4v) is 4.69. The number of aliphatic imine (C=N–C) groups is 1. The van der Waals surface area contributed by atoms with Gasteiger partial charge in [-0.2, -0.15) is 0 Å². The second-order valence-corrected chi connectivity index (χ2v) is 9.39. The molecular weight excluding hydrogens is 535 g/mol. The summed E-state index contributed by atoms with van der Waals surface area (Å²) in [6, 6.07) is 10.3. The third-order valence-corrected chi connectivity index (χ3v) is 6.84. The molecule has 1 aromatic carbocycles. The average Bonchev–Trinajstić information content (AvgIpc) is 3.18. The van der Waals surface area contributed by atoms with Crippen LogP contribution >= 0.6 is 35.3 Å². The summed E-state index contributed by atoms with van der Waals surface area (Å²) in [6.45, 7) is 5.49. The predicted octanol–water partition coefficient (Wildman–Crippen LogP) is 4.86. The van der Waals surface area contributed by atoms with E-state index in [0.29, 0.717) is 13.2 Å². The molecular formula is C24H35IN4O2S. The molecule has 1 aromatic heterocycles. The summed E-state index contributed by atoms with van der Waals surface area (Å²) in [5.41, 5.74) is 0.964. The highest BCUT2D eigenvalue weighted by molar-refractivity contribution is 14.0. The number of rotatable bonds is 7. The van der Waals surface area contributed by atoms with Crippen LogP contribution in [0.3, 0.4) is 0 Å². The normalized spacial score (nSPS) is 17.3. The first-order valence-electron chi connectivity index (χ1n) is 11.4. The molecule has 2 aromatic rings. The van der Waals surface area contributed by atoms with Crippen LogP contribution in [0.25, 0.3) is 0 Å². The van der Waals surface area contributed by atoms with E-state index < -0.39 is 0 Å². The number of benzene rings is 1. The molecule has 0 aliphatic carbocycles. The van der Waals surface area contributed by atoms with E-state index in [9.17, 15) is 0 Å². The maximum Gasteiger partial charge on any atom is 0.195 e. The smallest absolute Gasteiger partial charge is 0.195 e. The van der Waals surface area contributed by atoms with Gasteiger partial charge in [-0.3, -0.25) is 4.99 Å². The second-order valence-electron chi connectivity index (χ2n) is 8.36. The number of guanidine groups is 1. The molecule has 1 fully saturated rings. The van der Waals surface area contributed by atoms with Crippen LogP contribution in [0.1, 0.15) is 30.6 Å². The second kappa shape index (κ2) is 13.3. The SMILES string of the molecule is CN1CCC(CCN=C(NCCc2cccs2)Nc2ccc3c(c2)OCCCO3)CC1.I. The molecule has 0 radical (unpaired) electrons. The molecule has 0 saturated carbocycles. The third-order valence-electron chi connectivity index (χ3n) is 5.90. The van der Waals surface area contributed by atoms with E-state index in [1.54, 1.807) is 11.3 Å². The molecule has 8 heteroatoms. The number of fused-ring (bicyclic) bond motifs is 1. The van der Waals surface area contributed by atoms with Crippen molar-refractivity contribution in [3.8, 4) is 11.5 Å². The Morgan fingerprint density at radius 1 is 1.16 bits per heavy atom. The quantitative estimate of drug-likeness (QED) is 0.283.